The molecule has 60 valence electrons. The molecular formula is C10H14O. The van der Waals surface area contributed by atoms with Crippen LogP contribution in [0.4, 0.5) is 0 Å². The van der Waals surface area contributed by atoms with Crippen molar-refractivity contribution in [2.45, 2.75) is 32.6 Å². The van der Waals surface area contributed by atoms with Crippen molar-refractivity contribution in [3.05, 3.63) is 23.8 Å². The van der Waals surface area contributed by atoms with Gasteiger partial charge >= 0.3 is 0 Å². The molecule has 1 aliphatic carbocycles. The number of Topliss-reactive ketones (excluding diaryl/α,β-unsaturated/α-hetero) is 1. The highest BCUT2D eigenvalue weighted by Gasteiger charge is 2.07. The topological polar surface area (TPSA) is 17.1 Å². The van der Waals surface area contributed by atoms with Crippen LogP contribution in [0.25, 0.3) is 0 Å². The standard InChI is InChI=1S/C10H14O/c1-2-6-10(11)9-7-4-3-5-8-9/h3-4,7H,2,5-6,8H2,1H3. The first-order valence-electron chi connectivity index (χ1n) is 4.23. The molecule has 1 aliphatic rings. The van der Waals surface area contributed by atoms with Gasteiger partial charge in [0.05, 0.1) is 0 Å². The van der Waals surface area contributed by atoms with Gasteiger partial charge in [-0.3, -0.25) is 4.79 Å². The third-order valence-electron chi connectivity index (χ3n) is 1.85. The van der Waals surface area contributed by atoms with E-state index in [1.54, 1.807) is 0 Å². The summed E-state index contributed by atoms with van der Waals surface area (Å²) in [4.78, 5) is 11.3. The SMILES string of the molecule is CCCC(=O)C1=CC=CCC1. The molecule has 0 aromatic rings. The minimum Gasteiger partial charge on any atom is -0.295 e. The van der Waals surface area contributed by atoms with Gasteiger partial charge in [-0.1, -0.05) is 25.2 Å². The predicted octanol–water partition coefficient (Wildman–Crippen LogP) is 2.63. The Bertz CT molecular complexity index is 199. The van der Waals surface area contributed by atoms with E-state index in [9.17, 15) is 4.79 Å². The first kappa shape index (κ1) is 8.25. The Morgan fingerprint density at radius 1 is 1.64 bits per heavy atom. The van der Waals surface area contributed by atoms with Gasteiger partial charge in [0.15, 0.2) is 5.78 Å². The van der Waals surface area contributed by atoms with Gasteiger partial charge in [-0.15, -0.1) is 0 Å². The van der Waals surface area contributed by atoms with Crippen molar-refractivity contribution in [2.75, 3.05) is 0 Å². The summed E-state index contributed by atoms with van der Waals surface area (Å²) in [5.74, 6) is 0.330. The maximum atomic E-state index is 11.3. The summed E-state index contributed by atoms with van der Waals surface area (Å²) in [5.41, 5.74) is 1.01. The molecule has 0 radical (unpaired) electrons. The van der Waals surface area contributed by atoms with Crippen LogP contribution in [0.1, 0.15) is 32.6 Å². The van der Waals surface area contributed by atoms with E-state index in [2.05, 4.69) is 6.08 Å². The monoisotopic (exact) mass is 150 g/mol. The molecule has 1 rings (SSSR count). The second kappa shape index (κ2) is 4.12. The molecule has 0 aromatic carbocycles. The molecule has 0 aromatic heterocycles. The fraction of sp³-hybridized carbons (Fsp3) is 0.500. The maximum absolute atomic E-state index is 11.3. The van der Waals surface area contributed by atoms with E-state index < -0.39 is 0 Å². The minimum atomic E-state index is 0.330. The summed E-state index contributed by atoms with van der Waals surface area (Å²) in [7, 11) is 0. The van der Waals surface area contributed by atoms with Crippen molar-refractivity contribution < 1.29 is 4.79 Å². The van der Waals surface area contributed by atoms with Gasteiger partial charge in [0.2, 0.25) is 0 Å². The second-order valence-corrected chi connectivity index (χ2v) is 2.83. The molecule has 1 heteroatoms. The highest BCUT2D eigenvalue weighted by molar-refractivity contribution is 5.95. The zero-order chi connectivity index (χ0) is 8.10. The molecule has 0 saturated carbocycles. The summed E-state index contributed by atoms with van der Waals surface area (Å²) < 4.78 is 0. The molecule has 0 saturated heterocycles. The first-order chi connectivity index (χ1) is 5.34. The maximum Gasteiger partial charge on any atom is 0.158 e. The molecule has 0 heterocycles. The normalized spacial score (nSPS) is 16.3. The van der Waals surface area contributed by atoms with Crippen LogP contribution in [0, 0.1) is 0 Å². The lowest BCUT2D eigenvalue weighted by molar-refractivity contribution is -0.115. The molecule has 0 amide bonds. The van der Waals surface area contributed by atoms with Gasteiger partial charge < -0.3 is 0 Å². The van der Waals surface area contributed by atoms with Crippen molar-refractivity contribution in [1.82, 2.24) is 0 Å². The van der Waals surface area contributed by atoms with E-state index in [1.165, 1.54) is 0 Å². The fourth-order valence-corrected chi connectivity index (χ4v) is 1.22. The molecule has 0 atom stereocenters. The Morgan fingerprint density at radius 2 is 2.45 bits per heavy atom. The smallest absolute Gasteiger partial charge is 0.158 e. The molecule has 0 fully saturated rings. The van der Waals surface area contributed by atoms with E-state index in [1.807, 2.05) is 19.1 Å². The summed E-state index contributed by atoms with van der Waals surface area (Å²) in [6, 6.07) is 0. The number of ketones is 1. The Hall–Kier alpha value is -0.850. The number of rotatable bonds is 3. The van der Waals surface area contributed by atoms with Gasteiger partial charge in [0.1, 0.15) is 0 Å². The van der Waals surface area contributed by atoms with Crippen LogP contribution in [0.5, 0.6) is 0 Å². The summed E-state index contributed by atoms with van der Waals surface area (Å²) >= 11 is 0. The van der Waals surface area contributed by atoms with Crippen molar-refractivity contribution in [1.29, 1.82) is 0 Å². The highest BCUT2D eigenvalue weighted by atomic mass is 16.1. The second-order valence-electron chi connectivity index (χ2n) is 2.83. The van der Waals surface area contributed by atoms with E-state index in [4.69, 9.17) is 0 Å². The van der Waals surface area contributed by atoms with Crippen molar-refractivity contribution >= 4 is 5.78 Å². The van der Waals surface area contributed by atoms with Crippen molar-refractivity contribution in [3.8, 4) is 0 Å². The Morgan fingerprint density at radius 3 is 3.00 bits per heavy atom. The first-order valence-corrected chi connectivity index (χ1v) is 4.23. The predicted molar refractivity (Wildman–Crippen MR) is 46.4 cm³/mol. The summed E-state index contributed by atoms with van der Waals surface area (Å²) in [6.45, 7) is 2.04. The van der Waals surface area contributed by atoms with Crippen molar-refractivity contribution in [2.24, 2.45) is 0 Å². The lowest BCUT2D eigenvalue weighted by Crippen LogP contribution is -2.02. The molecule has 0 N–H and O–H groups in total. The van der Waals surface area contributed by atoms with E-state index in [-0.39, 0.29) is 0 Å². The largest absolute Gasteiger partial charge is 0.295 e. The number of hydrogen-bond donors (Lipinski definition) is 0. The zero-order valence-corrected chi connectivity index (χ0v) is 6.97. The van der Waals surface area contributed by atoms with Gasteiger partial charge in [0, 0.05) is 6.42 Å². The van der Waals surface area contributed by atoms with Crippen LogP contribution < -0.4 is 0 Å². The van der Waals surface area contributed by atoms with Gasteiger partial charge in [-0.25, -0.2) is 0 Å². The molecule has 0 unspecified atom stereocenters. The average molecular weight is 150 g/mol. The molecule has 0 aliphatic heterocycles. The molecule has 0 bridgehead atoms. The molecular weight excluding hydrogens is 136 g/mol. The van der Waals surface area contributed by atoms with Crippen LogP contribution in [-0.2, 0) is 4.79 Å². The number of allylic oxidation sites excluding steroid dienone is 4. The number of carbonyl (C=O) groups excluding carboxylic acids is 1. The van der Waals surface area contributed by atoms with Crippen LogP contribution in [-0.4, -0.2) is 5.78 Å². The molecule has 1 nitrogen and oxygen atoms in total. The Labute approximate surface area is 67.8 Å². The zero-order valence-electron chi connectivity index (χ0n) is 6.97. The number of carbonyl (C=O) groups is 1. The van der Waals surface area contributed by atoms with E-state index in [0.29, 0.717) is 12.2 Å². The number of hydrogen-bond acceptors (Lipinski definition) is 1. The van der Waals surface area contributed by atoms with Crippen LogP contribution in [0.3, 0.4) is 0 Å². The summed E-state index contributed by atoms with van der Waals surface area (Å²) in [5, 5.41) is 0. The van der Waals surface area contributed by atoms with E-state index in [0.717, 1.165) is 24.8 Å². The Balaban J connectivity index is 2.52. The third kappa shape index (κ3) is 2.34. The highest BCUT2D eigenvalue weighted by Crippen LogP contribution is 2.14. The van der Waals surface area contributed by atoms with Crippen molar-refractivity contribution in [3.63, 3.8) is 0 Å². The van der Waals surface area contributed by atoms with Gasteiger partial charge in [-0.05, 0) is 24.8 Å². The van der Waals surface area contributed by atoms with Crippen LogP contribution in [0.15, 0.2) is 23.8 Å². The molecule has 0 spiro atoms. The quantitative estimate of drug-likeness (QED) is 0.604. The van der Waals surface area contributed by atoms with E-state index >= 15 is 0 Å². The van der Waals surface area contributed by atoms with Crippen LogP contribution >= 0.6 is 0 Å². The van der Waals surface area contributed by atoms with Gasteiger partial charge in [-0.2, -0.15) is 0 Å². The lowest BCUT2D eigenvalue weighted by atomic mass is 9.99. The average Bonchev–Trinajstić information content (AvgIpc) is 2.07. The third-order valence-corrected chi connectivity index (χ3v) is 1.85. The molecule has 11 heavy (non-hydrogen) atoms. The van der Waals surface area contributed by atoms with Crippen LogP contribution in [0.2, 0.25) is 0 Å². The fourth-order valence-electron chi connectivity index (χ4n) is 1.22. The minimum absolute atomic E-state index is 0.330. The summed E-state index contributed by atoms with van der Waals surface area (Å²) in [6.07, 6.45) is 9.66. The lowest BCUT2D eigenvalue weighted by Gasteiger charge is -2.05. The Kier molecular flexibility index (Phi) is 3.09. The van der Waals surface area contributed by atoms with Gasteiger partial charge in [0.25, 0.3) is 0 Å².